The molecule has 1 N–H and O–H groups in total. The zero-order valence-corrected chi connectivity index (χ0v) is 14.3. The average Bonchev–Trinajstić information content (AvgIpc) is 3.20. The Balaban J connectivity index is 1.44. The molecule has 1 fully saturated rings. The van der Waals surface area contributed by atoms with Gasteiger partial charge >= 0.3 is 0 Å². The van der Waals surface area contributed by atoms with Gasteiger partial charge in [0.2, 0.25) is 5.76 Å². The minimum Gasteiger partial charge on any atom is -0.458 e. The SMILES string of the molecule is O=C(c1occc1Br)N1CCC(c2nnc3n2CCNC3)CC1. The van der Waals surface area contributed by atoms with Crippen molar-refractivity contribution in [2.24, 2.45) is 0 Å². The van der Waals surface area contributed by atoms with Crippen LogP contribution in [0, 0.1) is 0 Å². The summed E-state index contributed by atoms with van der Waals surface area (Å²) in [5, 5.41) is 12.0. The number of carbonyl (C=O) groups excluding carboxylic acids is 1. The lowest BCUT2D eigenvalue weighted by atomic mass is 9.95. The van der Waals surface area contributed by atoms with E-state index in [0.717, 1.165) is 57.2 Å². The van der Waals surface area contributed by atoms with Gasteiger partial charge in [-0.05, 0) is 34.8 Å². The van der Waals surface area contributed by atoms with Gasteiger partial charge in [0, 0.05) is 32.1 Å². The lowest BCUT2D eigenvalue weighted by molar-refractivity contribution is 0.0676. The standard InChI is InChI=1S/C15H18BrN5O2/c16-11-3-8-23-13(11)15(22)20-5-1-10(2-6-20)14-19-18-12-9-17-4-7-21(12)14/h3,8,10,17H,1-2,4-7,9H2. The molecule has 2 aliphatic rings. The maximum atomic E-state index is 12.5. The van der Waals surface area contributed by atoms with Crippen LogP contribution in [0.25, 0.3) is 0 Å². The summed E-state index contributed by atoms with van der Waals surface area (Å²) in [6.45, 7) is 4.11. The summed E-state index contributed by atoms with van der Waals surface area (Å²) in [6.07, 6.45) is 3.35. The zero-order chi connectivity index (χ0) is 15.8. The molecule has 2 aliphatic heterocycles. The third-order valence-electron chi connectivity index (χ3n) is 4.61. The van der Waals surface area contributed by atoms with Gasteiger partial charge in [-0.2, -0.15) is 0 Å². The fourth-order valence-corrected chi connectivity index (χ4v) is 3.72. The van der Waals surface area contributed by atoms with Gasteiger partial charge in [0.15, 0.2) is 0 Å². The Kier molecular flexibility index (Phi) is 3.94. The number of amides is 1. The van der Waals surface area contributed by atoms with Crippen molar-refractivity contribution in [3.63, 3.8) is 0 Å². The monoisotopic (exact) mass is 379 g/mol. The number of piperidine rings is 1. The van der Waals surface area contributed by atoms with E-state index in [1.165, 1.54) is 6.26 Å². The smallest absolute Gasteiger partial charge is 0.290 e. The molecule has 4 heterocycles. The molecule has 0 atom stereocenters. The van der Waals surface area contributed by atoms with E-state index >= 15 is 0 Å². The number of carbonyl (C=O) groups is 1. The summed E-state index contributed by atoms with van der Waals surface area (Å²) in [7, 11) is 0. The molecule has 8 heteroatoms. The van der Waals surface area contributed by atoms with Crippen molar-refractivity contribution in [1.29, 1.82) is 0 Å². The highest BCUT2D eigenvalue weighted by Crippen LogP contribution is 2.29. The highest BCUT2D eigenvalue weighted by Gasteiger charge is 2.30. The second-order valence-corrected chi connectivity index (χ2v) is 6.82. The van der Waals surface area contributed by atoms with Crippen LogP contribution in [0.1, 0.15) is 41.0 Å². The van der Waals surface area contributed by atoms with Gasteiger partial charge in [0.1, 0.15) is 11.6 Å². The van der Waals surface area contributed by atoms with Crippen LogP contribution < -0.4 is 5.32 Å². The van der Waals surface area contributed by atoms with E-state index in [4.69, 9.17) is 4.42 Å². The zero-order valence-electron chi connectivity index (χ0n) is 12.7. The number of nitrogens with one attached hydrogen (secondary N) is 1. The molecule has 0 aromatic carbocycles. The van der Waals surface area contributed by atoms with Crippen molar-refractivity contribution in [1.82, 2.24) is 25.0 Å². The third kappa shape index (κ3) is 2.70. The Morgan fingerprint density at radius 1 is 1.30 bits per heavy atom. The molecule has 0 aliphatic carbocycles. The summed E-state index contributed by atoms with van der Waals surface area (Å²) in [5.74, 6) is 2.80. The van der Waals surface area contributed by atoms with E-state index in [-0.39, 0.29) is 5.91 Å². The van der Waals surface area contributed by atoms with Gasteiger partial charge < -0.3 is 19.2 Å². The summed E-state index contributed by atoms with van der Waals surface area (Å²) >= 11 is 3.35. The first-order chi connectivity index (χ1) is 11.2. The number of hydrogen-bond acceptors (Lipinski definition) is 5. The first-order valence-electron chi connectivity index (χ1n) is 7.89. The molecule has 0 saturated carbocycles. The minimum atomic E-state index is -0.0483. The number of aromatic nitrogens is 3. The van der Waals surface area contributed by atoms with Crippen LogP contribution in [0.4, 0.5) is 0 Å². The van der Waals surface area contributed by atoms with E-state index in [9.17, 15) is 4.79 Å². The first kappa shape index (κ1) is 14.9. The maximum Gasteiger partial charge on any atom is 0.290 e. The predicted octanol–water partition coefficient (Wildman–Crippen LogP) is 1.76. The molecule has 0 spiro atoms. The van der Waals surface area contributed by atoms with Gasteiger partial charge in [-0.1, -0.05) is 0 Å². The Morgan fingerprint density at radius 3 is 2.87 bits per heavy atom. The van der Waals surface area contributed by atoms with Crippen molar-refractivity contribution in [3.05, 3.63) is 34.2 Å². The van der Waals surface area contributed by atoms with Crippen LogP contribution in [-0.4, -0.2) is 45.2 Å². The molecule has 0 unspecified atom stereocenters. The predicted molar refractivity (Wildman–Crippen MR) is 86.0 cm³/mol. The first-order valence-corrected chi connectivity index (χ1v) is 8.68. The molecule has 7 nitrogen and oxygen atoms in total. The van der Waals surface area contributed by atoms with Crippen LogP contribution in [0.15, 0.2) is 21.2 Å². The van der Waals surface area contributed by atoms with E-state index in [2.05, 4.69) is 36.0 Å². The molecular weight excluding hydrogens is 362 g/mol. The number of rotatable bonds is 2. The van der Waals surface area contributed by atoms with Crippen molar-refractivity contribution in [2.45, 2.75) is 31.8 Å². The lowest BCUT2D eigenvalue weighted by Gasteiger charge is -2.31. The van der Waals surface area contributed by atoms with E-state index in [0.29, 0.717) is 16.2 Å². The summed E-state index contributed by atoms with van der Waals surface area (Å²) in [5.41, 5.74) is 0. The van der Waals surface area contributed by atoms with Crippen molar-refractivity contribution < 1.29 is 9.21 Å². The molecule has 23 heavy (non-hydrogen) atoms. The number of furan rings is 1. The van der Waals surface area contributed by atoms with Crippen molar-refractivity contribution in [3.8, 4) is 0 Å². The molecule has 2 aromatic rings. The number of nitrogens with zero attached hydrogens (tertiary/aromatic N) is 4. The van der Waals surface area contributed by atoms with Gasteiger partial charge in [-0.15, -0.1) is 10.2 Å². The Bertz CT molecular complexity index is 717. The second kappa shape index (κ2) is 6.09. The summed E-state index contributed by atoms with van der Waals surface area (Å²) in [4.78, 5) is 14.3. The van der Waals surface area contributed by atoms with Crippen LogP contribution in [0.2, 0.25) is 0 Å². The van der Waals surface area contributed by atoms with E-state index in [1.54, 1.807) is 6.07 Å². The Labute approximate surface area is 142 Å². The van der Waals surface area contributed by atoms with Gasteiger partial charge in [-0.25, -0.2) is 0 Å². The largest absolute Gasteiger partial charge is 0.458 e. The molecular formula is C15H18BrN5O2. The average molecular weight is 380 g/mol. The quantitative estimate of drug-likeness (QED) is 0.859. The summed E-state index contributed by atoms with van der Waals surface area (Å²) in [6, 6.07) is 1.75. The van der Waals surface area contributed by atoms with Gasteiger partial charge in [0.05, 0.1) is 17.3 Å². The topological polar surface area (TPSA) is 76.2 Å². The highest BCUT2D eigenvalue weighted by atomic mass is 79.9. The molecule has 122 valence electrons. The minimum absolute atomic E-state index is 0.0483. The van der Waals surface area contributed by atoms with E-state index in [1.807, 2.05) is 4.90 Å². The number of hydrogen-bond donors (Lipinski definition) is 1. The van der Waals surface area contributed by atoms with Crippen molar-refractivity contribution in [2.75, 3.05) is 19.6 Å². The molecule has 4 rings (SSSR count). The van der Waals surface area contributed by atoms with Crippen LogP contribution >= 0.6 is 15.9 Å². The molecule has 1 amide bonds. The van der Waals surface area contributed by atoms with Gasteiger partial charge in [0.25, 0.3) is 5.91 Å². The fourth-order valence-electron chi connectivity index (χ4n) is 3.35. The molecule has 1 saturated heterocycles. The Morgan fingerprint density at radius 2 is 2.13 bits per heavy atom. The number of likely N-dealkylation sites (tertiary alicyclic amines) is 1. The number of fused-ring (bicyclic) bond motifs is 1. The Hall–Kier alpha value is -1.67. The van der Waals surface area contributed by atoms with Crippen molar-refractivity contribution >= 4 is 21.8 Å². The highest BCUT2D eigenvalue weighted by molar-refractivity contribution is 9.10. The van der Waals surface area contributed by atoms with Crippen LogP contribution in [0.3, 0.4) is 0 Å². The fraction of sp³-hybridized carbons (Fsp3) is 0.533. The third-order valence-corrected chi connectivity index (χ3v) is 5.23. The normalized spacial score (nSPS) is 18.9. The lowest BCUT2D eigenvalue weighted by Crippen LogP contribution is -2.38. The summed E-state index contributed by atoms with van der Waals surface area (Å²) < 4.78 is 8.23. The maximum absolute atomic E-state index is 12.5. The molecule has 0 radical (unpaired) electrons. The van der Waals surface area contributed by atoms with Crippen LogP contribution in [-0.2, 0) is 13.1 Å². The van der Waals surface area contributed by atoms with E-state index < -0.39 is 0 Å². The second-order valence-electron chi connectivity index (χ2n) is 5.97. The van der Waals surface area contributed by atoms with Gasteiger partial charge in [-0.3, -0.25) is 4.79 Å². The van der Waals surface area contributed by atoms with Crippen LogP contribution in [0.5, 0.6) is 0 Å². The number of halogens is 1. The molecule has 2 aromatic heterocycles. The molecule has 0 bridgehead atoms.